The summed E-state index contributed by atoms with van der Waals surface area (Å²) in [6.07, 6.45) is 5.13. The van der Waals surface area contributed by atoms with Gasteiger partial charge in [0.1, 0.15) is 5.82 Å². The zero-order valence-corrected chi connectivity index (χ0v) is 8.51. The molecule has 2 heterocycles. The molecular formula is C11H12N4. The van der Waals surface area contributed by atoms with Crippen molar-refractivity contribution in [2.24, 2.45) is 0 Å². The van der Waals surface area contributed by atoms with Gasteiger partial charge in [-0.1, -0.05) is 6.07 Å². The number of hydrogen-bond acceptors (Lipinski definition) is 4. The summed E-state index contributed by atoms with van der Waals surface area (Å²) in [6.45, 7) is 2.59. The van der Waals surface area contributed by atoms with Crippen LogP contribution in [-0.4, -0.2) is 15.0 Å². The lowest BCUT2D eigenvalue weighted by Gasteiger charge is -2.06. The van der Waals surface area contributed by atoms with Gasteiger partial charge in [-0.25, -0.2) is 4.98 Å². The van der Waals surface area contributed by atoms with Gasteiger partial charge < -0.3 is 5.32 Å². The Hall–Kier alpha value is -1.97. The third-order valence-electron chi connectivity index (χ3n) is 2.04. The molecule has 0 saturated heterocycles. The van der Waals surface area contributed by atoms with Gasteiger partial charge >= 0.3 is 0 Å². The number of aryl methyl sites for hydroxylation is 1. The summed E-state index contributed by atoms with van der Waals surface area (Å²) < 4.78 is 0. The first-order chi connectivity index (χ1) is 7.36. The Kier molecular flexibility index (Phi) is 2.88. The van der Waals surface area contributed by atoms with E-state index in [9.17, 15) is 0 Å². The molecule has 4 nitrogen and oxygen atoms in total. The first-order valence-corrected chi connectivity index (χ1v) is 4.77. The van der Waals surface area contributed by atoms with Gasteiger partial charge in [0, 0.05) is 18.6 Å². The molecule has 15 heavy (non-hydrogen) atoms. The highest BCUT2D eigenvalue weighted by Crippen LogP contribution is 2.07. The normalized spacial score (nSPS) is 9.93. The van der Waals surface area contributed by atoms with Crippen molar-refractivity contribution >= 4 is 5.82 Å². The van der Waals surface area contributed by atoms with E-state index in [1.807, 2.05) is 25.1 Å². The smallest absolute Gasteiger partial charge is 0.147 e. The van der Waals surface area contributed by atoms with Crippen LogP contribution in [0.25, 0.3) is 0 Å². The summed E-state index contributed by atoms with van der Waals surface area (Å²) in [4.78, 5) is 12.6. The molecule has 0 bridgehead atoms. The fraction of sp³-hybridized carbons (Fsp3) is 0.182. The van der Waals surface area contributed by atoms with Gasteiger partial charge in [-0.3, -0.25) is 9.97 Å². The summed E-state index contributed by atoms with van der Waals surface area (Å²) in [5.41, 5.74) is 1.89. The van der Waals surface area contributed by atoms with Gasteiger partial charge in [-0.15, -0.1) is 0 Å². The SMILES string of the molecule is Cc1nccnc1NCc1ccccn1. The van der Waals surface area contributed by atoms with Crippen LogP contribution in [0.2, 0.25) is 0 Å². The van der Waals surface area contributed by atoms with E-state index in [4.69, 9.17) is 0 Å². The fourth-order valence-corrected chi connectivity index (χ4v) is 1.26. The van der Waals surface area contributed by atoms with Crippen LogP contribution in [0, 0.1) is 6.92 Å². The lowest BCUT2D eigenvalue weighted by molar-refractivity contribution is 1.00. The quantitative estimate of drug-likeness (QED) is 0.820. The van der Waals surface area contributed by atoms with Gasteiger partial charge in [0.2, 0.25) is 0 Å². The van der Waals surface area contributed by atoms with Crippen LogP contribution in [0.1, 0.15) is 11.4 Å². The molecule has 0 atom stereocenters. The Labute approximate surface area is 88.4 Å². The monoisotopic (exact) mass is 200 g/mol. The van der Waals surface area contributed by atoms with Crippen molar-refractivity contribution in [1.82, 2.24) is 15.0 Å². The second kappa shape index (κ2) is 4.50. The molecule has 4 heteroatoms. The first-order valence-electron chi connectivity index (χ1n) is 4.77. The average molecular weight is 200 g/mol. The number of nitrogens with zero attached hydrogens (tertiary/aromatic N) is 3. The maximum Gasteiger partial charge on any atom is 0.147 e. The molecular weight excluding hydrogens is 188 g/mol. The minimum atomic E-state index is 0.667. The van der Waals surface area contributed by atoms with E-state index in [-0.39, 0.29) is 0 Å². The zero-order valence-electron chi connectivity index (χ0n) is 8.51. The molecule has 1 N–H and O–H groups in total. The fourth-order valence-electron chi connectivity index (χ4n) is 1.26. The zero-order chi connectivity index (χ0) is 10.5. The van der Waals surface area contributed by atoms with E-state index in [0.29, 0.717) is 6.54 Å². The van der Waals surface area contributed by atoms with Crippen LogP contribution < -0.4 is 5.32 Å². The predicted molar refractivity (Wildman–Crippen MR) is 58.3 cm³/mol. The van der Waals surface area contributed by atoms with Crippen LogP contribution >= 0.6 is 0 Å². The van der Waals surface area contributed by atoms with Crippen molar-refractivity contribution in [2.45, 2.75) is 13.5 Å². The van der Waals surface area contributed by atoms with Crippen LogP contribution in [0.3, 0.4) is 0 Å². The van der Waals surface area contributed by atoms with E-state index in [0.717, 1.165) is 17.2 Å². The maximum absolute atomic E-state index is 4.21. The summed E-state index contributed by atoms with van der Waals surface area (Å²) in [5, 5.41) is 3.19. The molecule has 2 aromatic heterocycles. The lowest BCUT2D eigenvalue weighted by Crippen LogP contribution is -2.04. The number of rotatable bonds is 3. The molecule has 2 aromatic rings. The lowest BCUT2D eigenvalue weighted by atomic mass is 10.3. The van der Waals surface area contributed by atoms with E-state index in [1.54, 1.807) is 18.6 Å². The summed E-state index contributed by atoms with van der Waals surface area (Å²) in [6, 6.07) is 5.84. The third-order valence-corrected chi connectivity index (χ3v) is 2.04. The van der Waals surface area contributed by atoms with Crippen LogP contribution in [-0.2, 0) is 6.54 Å². The van der Waals surface area contributed by atoms with E-state index in [2.05, 4.69) is 20.3 Å². The molecule has 76 valence electrons. The molecule has 2 rings (SSSR count). The third kappa shape index (κ3) is 2.49. The molecule has 0 aliphatic carbocycles. The Morgan fingerprint density at radius 3 is 2.67 bits per heavy atom. The number of nitrogens with one attached hydrogen (secondary N) is 1. The van der Waals surface area contributed by atoms with Gasteiger partial charge in [0.25, 0.3) is 0 Å². The Morgan fingerprint density at radius 2 is 1.93 bits per heavy atom. The van der Waals surface area contributed by atoms with Crippen molar-refractivity contribution in [3.8, 4) is 0 Å². The molecule has 0 aliphatic heterocycles. The summed E-state index contributed by atoms with van der Waals surface area (Å²) in [7, 11) is 0. The minimum absolute atomic E-state index is 0.667. The Balaban J connectivity index is 2.03. The van der Waals surface area contributed by atoms with E-state index >= 15 is 0 Å². The number of aromatic nitrogens is 3. The maximum atomic E-state index is 4.21. The Bertz CT molecular complexity index is 428. The van der Waals surface area contributed by atoms with E-state index in [1.165, 1.54) is 0 Å². The van der Waals surface area contributed by atoms with Crippen molar-refractivity contribution in [1.29, 1.82) is 0 Å². The van der Waals surface area contributed by atoms with Crippen molar-refractivity contribution in [2.75, 3.05) is 5.32 Å². The van der Waals surface area contributed by atoms with Gasteiger partial charge in [-0.05, 0) is 19.1 Å². The molecule has 0 amide bonds. The van der Waals surface area contributed by atoms with Crippen molar-refractivity contribution in [3.63, 3.8) is 0 Å². The van der Waals surface area contributed by atoms with Crippen LogP contribution in [0.15, 0.2) is 36.8 Å². The highest BCUT2D eigenvalue weighted by molar-refractivity contribution is 5.38. The highest BCUT2D eigenvalue weighted by Gasteiger charge is 1.99. The second-order valence-corrected chi connectivity index (χ2v) is 3.16. The molecule has 0 radical (unpaired) electrons. The standard InChI is InChI=1S/C11H12N4/c1-9-11(14-7-6-12-9)15-8-10-4-2-3-5-13-10/h2-7H,8H2,1H3,(H,14,15). The topological polar surface area (TPSA) is 50.7 Å². The van der Waals surface area contributed by atoms with Crippen molar-refractivity contribution < 1.29 is 0 Å². The first kappa shape index (κ1) is 9.58. The second-order valence-electron chi connectivity index (χ2n) is 3.16. The van der Waals surface area contributed by atoms with Crippen molar-refractivity contribution in [3.05, 3.63) is 48.2 Å². The number of hydrogen-bond donors (Lipinski definition) is 1. The predicted octanol–water partition coefficient (Wildman–Crippen LogP) is 1.79. The molecule has 0 spiro atoms. The number of anilines is 1. The van der Waals surface area contributed by atoms with Gasteiger partial charge in [-0.2, -0.15) is 0 Å². The molecule has 0 fully saturated rings. The average Bonchev–Trinajstić information content (AvgIpc) is 2.29. The Morgan fingerprint density at radius 1 is 1.07 bits per heavy atom. The highest BCUT2D eigenvalue weighted by atomic mass is 15.0. The molecule has 0 saturated carbocycles. The molecule has 0 unspecified atom stereocenters. The largest absolute Gasteiger partial charge is 0.363 e. The molecule has 0 aliphatic rings. The molecule has 0 aromatic carbocycles. The van der Waals surface area contributed by atoms with Gasteiger partial charge in [0.05, 0.1) is 17.9 Å². The van der Waals surface area contributed by atoms with Gasteiger partial charge in [0.15, 0.2) is 0 Å². The summed E-state index contributed by atoms with van der Waals surface area (Å²) >= 11 is 0. The van der Waals surface area contributed by atoms with Crippen LogP contribution in [0.5, 0.6) is 0 Å². The minimum Gasteiger partial charge on any atom is -0.363 e. The number of pyridine rings is 1. The van der Waals surface area contributed by atoms with E-state index < -0.39 is 0 Å². The summed E-state index contributed by atoms with van der Waals surface area (Å²) in [5.74, 6) is 0.808. The van der Waals surface area contributed by atoms with Crippen LogP contribution in [0.4, 0.5) is 5.82 Å².